The van der Waals surface area contributed by atoms with Gasteiger partial charge in [-0.05, 0) is 68.1 Å². The number of hydrogen-bond donors (Lipinski definition) is 0. The quantitative estimate of drug-likeness (QED) is 0.118. The highest BCUT2D eigenvalue weighted by atomic mass is 16.2. The van der Waals surface area contributed by atoms with Crippen LogP contribution < -0.4 is 0 Å². The summed E-state index contributed by atoms with van der Waals surface area (Å²) < 4.78 is 0. The van der Waals surface area contributed by atoms with Crippen LogP contribution in [0.4, 0.5) is 0 Å². The second-order valence-electron chi connectivity index (χ2n) is 11.2. The Morgan fingerprint density at radius 2 is 0.761 bits per heavy atom. The van der Waals surface area contributed by atoms with Gasteiger partial charge in [0, 0.05) is 11.1 Å². The zero-order valence-electron chi connectivity index (χ0n) is 26.6. The van der Waals surface area contributed by atoms with Gasteiger partial charge < -0.3 is 0 Å². The lowest BCUT2D eigenvalue weighted by Crippen LogP contribution is -2.32. The maximum atomic E-state index is 14.3. The number of hydrazone groups is 2. The third kappa shape index (κ3) is 7.53. The molecular weight excluding hydrogens is 568 g/mol. The van der Waals surface area contributed by atoms with E-state index in [1.54, 1.807) is 24.3 Å². The summed E-state index contributed by atoms with van der Waals surface area (Å²) in [5, 5.41) is 12.7. The summed E-state index contributed by atoms with van der Waals surface area (Å²) in [6.07, 6.45) is 0. The van der Waals surface area contributed by atoms with Crippen molar-refractivity contribution in [3.8, 4) is 0 Å². The lowest BCUT2D eigenvalue weighted by Gasteiger charge is -2.27. The van der Waals surface area contributed by atoms with Crippen LogP contribution in [-0.4, -0.2) is 33.3 Å². The van der Waals surface area contributed by atoms with E-state index in [9.17, 15) is 9.59 Å². The Morgan fingerprint density at radius 1 is 0.457 bits per heavy atom. The molecule has 0 aliphatic carbocycles. The highest BCUT2D eigenvalue weighted by Crippen LogP contribution is 2.27. The van der Waals surface area contributed by atoms with Gasteiger partial charge in [0.2, 0.25) is 0 Å². The summed E-state index contributed by atoms with van der Waals surface area (Å²) in [4.78, 5) is 28.5. The summed E-state index contributed by atoms with van der Waals surface area (Å²) in [6, 6.07) is 45.2. The molecule has 0 aliphatic heterocycles. The molecule has 0 radical (unpaired) electrons. The number of benzene rings is 5. The molecule has 0 heterocycles. The number of rotatable bonds is 10. The van der Waals surface area contributed by atoms with Crippen LogP contribution in [0.15, 0.2) is 156 Å². The Balaban J connectivity index is 1.52. The first-order chi connectivity index (χ1) is 22.3. The van der Waals surface area contributed by atoms with E-state index in [0.29, 0.717) is 22.6 Å². The molecule has 0 N–H and O–H groups in total. The fraction of sp³-hybridized carbons (Fsp3) is 0.150. The van der Waals surface area contributed by atoms with Crippen LogP contribution in [0.2, 0.25) is 0 Å². The molecule has 0 spiro atoms. The highest BCUT2D eigenvalue weighted by Gasteiger charge is 2.27. The van der Waals surface area contributed by atoms with Crippen LogP contribution in [0.3, 0.4) is 0 Å². The average Bonchev–Trinajstić information content (AvgIpc) is 3.13. The zero-order chi connectivity index (χ0) is 32.5. The lowest BCUT2D eigenvalue weighted by molar-refractivity contribution is 0.0695. The first kappa shape index (κ1) is 31.8. The van der Waals surface area contributed by atoms with Gasteiger partial charge in [0.15, 0.2) is 0 Å². The number of amides is 2. The van der Waals surface area contributed by atoms with Crippen molar-refractivity contribution in [2.24, 2.45) is 10.2 Å². The number of carbonyl (C=O) groups is 2. The molecule has 2 unspecified atom stereocenters. The molecule has 0 saturated carbocycles. The second kappa shape index (κ2) is 14.9. The largest absolute Gasteiger partial charge is 0.274 e. The van der Waals surface area contributed by atoms with Crippen LogP contribution in [0, 0.1) is 0 Å². The monoisotopic (exact) mass is 606 g/mol. The van der Waals surface area contributed by atoms with E-state index in [4.69, 9.17) is 10.2 Å². The topological polar surface area (TPSA) is 65.3 Å². The Kier molecular flexibility index (Phi) is 10.3. The van der Waals surface area contributed by atoms with E-state index in [2.05, 4.69) is 0 Å². The van der Waals surface area contributed by atoms with E-state index in [1.807, 2.05) is 149 Å². The minimum Gasteiger partial charge on any atom is -0.267 e. The van der Waals surface area contributed by atoms with Crippen LogP contribution in [0.5, 0.6) is 0 Å². The van der Waals surface area contributed by atoms with Gasteiger partial charge in [-0.25, -0.2) is 10.0 Å². The van der Waals surface area contributed by atoms with Crippen LogP contribution in [-0.2, 0) is 0 Å². The van der Waals surface area contributed by atoms with Crippen molar-refractivity contribution in [3.63, 3.8) is 0 Å². The number of nitrogens with zero attached hydrogens (tertiary/aromatic N) is 4. The van der Waals surface area contributed by atoms with Gasteiger partial charge in [-0.1, -0.05) is 127 Å². The molecule has 0 saturated heterocycles. The number of carbonyl (C=O) groups excluding carboxylic acids is 2. The number of hydrogen-bond acceptors (Lipinski definition) is 4. The van der Waals surface area contributed by atoms with Crippen molar-refractivity contribution >= 4 is 23.2 Å². The Bertz CT molecular complexity index is 1690. The summed E-state index contributed by atoms with van der Waals surface area (Å²) in [5.41, 5.74) is 5.85. The first-order valence-electron chi connectivity index (χ1n) is 15.4. The molecule has 5 aromatic carbocycles. The van der Waals surface area contributed by atoms with Crippen molar-refractivity contribution in [3.05, 3.63) is 179 Å². The Hall–Kier alpha value is -5.62. The third-order valence-electron chi connectivity index (χ3n) is 7.97. The summed E-state index contributed by atoms with van der Waals surface area (Å²) in [5.74, 6) is -0.624. The van der Waals surface area contributed by atoms with E-state index in [0.717, 1.165) is 22.3 Å². The molecule has 6 nitrogen and oxygen atoms in total. The van der Waals surface area contributed by atoms with Crippen LogP contribution in [0.1, 0.15) is 82.7 Å². The lowest BCUT2D eigenvalue weighted by atomic mass is 10.0. The molecule has 46 heavy (non-hydrogen) atoms. The fourth-order valence-electron chi connectivity index (χ4n) is 5.21. The SMILES string of the molecule is CC(=NN(C(=O)c1cccc(C(=O)N(N=C(C)c2ccccc2)C(C)c2ccccc2)c1)C(C)c1ccccc1)c1ccccc1. The van der Waals surface area contributed by atoms with Crippen molar-refractivity contribution in [2.75, 3.05) is 0 Å². The minimum atomic E-state index is -0.362. The molecule has 2 amide bonds. The summed E-state index contributed by atoms with van der Waals surface area (Å²) in [7, 11) is 0. The van der Waals surface area contributed by atoms with Gasteiger partial charge in [-0.15, -0.1) is 0 Å². The second-order valence-corrected chi connectivity index (χ2v) is 11.2. The normalized spacial score (nSPS) is 13.0. The minimum absolute atomic E-state index is 0.312. The van der Waals surface area contributed by atoms with Crippen molar-refractivity contribution < 1.29 is 9.59 Å². The van der Waals surface area contributed by atoms with Gasteiger partial charge in [0.1, 0.15) is 0 Å². The molecule has 0 aromatic heterocycles. The Morgan fingerprint density at radius 3 is 1.11 bits per heavy atom. The first-order valence-corrected chi connectivity index (χ1v) is 15.4. The van der Waals surface area contributed by atoms with E-state index in [-0.39, 0.29) is 23.9 Å². The molecule has 5 aromatic rings. The van der Waals surface area contributed by atoms with Crippen LogP contribution in [0.25, 0.3) is 0 Å². The van der Waals surface area contributed by atoms with Gasteiger partial charge in [-0.2, -0.15) is 10.2 Å². The fourth-order valence-corrected chi connectivity index (χ4v) is 5.21. The average molecular weight is 607 g/mol. The predicted molar refractivity (Wildman–Crippen MR) is 186 cm³/mol. The molecular formula is C40H38N4O2. The van der Waals surface area contributed by atoms with Gasteiger partial charge in [0.25, 0.3) is 11.8 Å². The van der Waals surface area contributed by atoms with Gasteiger partial charge in [-0.3, -0.25) is 9.59 Å². The predicted octanol–water partition coefficient (Wildman–Crippen LogP) is 8.94. The smallest absolute Gasteiger partial charge is 0.267 e. The molecule has 0 fully saturated rings. The molecule has 6 heteroatoms. The maximum absolute atomic E-state index is 14.3. The van der Waals surface area contributed by atoms with Gasteiger partial charge >= 0.3 is 0 Å². The molecule has 230 valence electrons. The van der Waals surface area contributed by atoms with Crippen molar-refractivity contribution in [1.82, 2.24) is 10.0 Å². The standard InChI is InChI=1S/C40H38N4O2/c1-29(33-18-9-5-10-19-33)41-43(31(3)35-22-13-7-14-23-35)39(45)37-26-17-27-38(28-37)40(46)44(32(4)36-24-15-8-16-25-36)42-30(2)34-20-11-6-12-21-34/h5-28,31-32H,1-4H3. The highest BCUT2D eigenvalue weighted by molar-refractivity contribution is 6.03. The summed E-state index contributed by atoms with van der Waals surface area (Å²) >= 11 is 0. The van der Waals surface area contributed by atoms with Crippen molar-refractivity contribution in [1.29, 1.82) is 0 Å². The summed E-state index contributed by atoms with van der Waals surface area (Å²) in [6.45, 7) is 7.69. The molecule has 0 aliphatic rings. The van der Waals surface area contributed by atoms with E-state index in [1.165, 1.54) is 10.0 Å². The molecule has 0 bridgehead atoms. The van der Waals surface area contributed by atoms with Crippen molar-refractivity contribution in [2.45, 2.75) is 39.8 Å². The Labute approximate surface area is 271 Å². The molecule has 5 rings (SSSR count). The molecule has 2 atom stereocenters. The maximum Gasteiger partial charge on any atom is 0.274 e. The van der Waals surface area contributed by atoms with Gasteiger partial charge in [0.05, 0.1) is 23.5 Å². The third-order valence-corrected chi connectivity index (χ3v) is 7.97. The van der Waals surface area contributed by atoms with E-state index >= 15 is 0 Å². The van der Waals surface area contributed by atoms with E-state index < -0.39 is 0 Å². The van der Waals surface area contributed by atoms with Crippen LogP contribution >= 0.6 is 0 Å². The zero-order valence-corrected chi connectivity index (χ0v) is 26.6.